The molecule has 51 heavy (non-hydrogen) atoms. The fraction of sp³-hybridized carbons (Fsp3) is 0.359. The first-order chi connectivity index (χ1) is 24.8. The molecule has 2 amide bonds. The summed E-state index contributed by atoms with van der Waals surface area (Å²) in [6, 6.07) is 21.7. The van der Waals surface area contributed by atoms with Crippen LogP contribution in [0, 0.1) is 0 Å². The monoisotopic (exact) mass is 729 g/mol. The highest BCUT2D eigenvalue weighted by Crippen LogP contribution is 2.44. The van der Waals surface area contributed by atoms with E-state index < -0.39 is 0 Å². The summed E-state index contributed by atoms with van der Waals surface area (Å²) >= 11 is 14.2. The first-order valence-corrected chi connectivity index (χ1v) is 18.0. The van der Waals surface area contributed by atoms with Crippen LogP contribution in [-0.4, -0.2) is 80.3 Å². The summed E-state index contributed by atoms with van der Waals surface area (Å²) in [5.41, 5.74) is 5.63. The van der Waals surface area contributed by atoms with Gasteiger partial charge in [0.1, 0.15) is 6.61 Å². The van der Waals surface area contributed by atoms with Gasteiger partial charge in [0.2, 0.25) is 17.7 Å². The number of halogens is 2. The molecule has 3 N–H and O–H groups in total. The number of hydrogen-bond donors (Lipinski definition) is 3. The predicted octanol–water partition coefficient (Wildman–Crippen LogP) is 6.12. The van der Waals surface area contributed by atoms with Crippen LogP contribution in [0.4, 0.5) is 0 Å². The van der Waals surface area contributed by atoms with Crippen molar-refractivity contribution in [2.24, 2.45) is 0 Å². The molecule has 3 fully saturated rings. The second-order valence-electron chi connectivity index (χ2n) is 13.4. The van der Waals surface area contributed by atoms with E-state index in [1.165, 1.54) is 0 Å². The minimum atomic E-state index is -0.0796. The Balaban J connectivity index is 1.05. The molecule has 0 aliphatic carbocycles. The number of aromatic nitrogens is 1. The molecule has 0 bridgehead atoms. The third-order valence-electron chi connectivity index (χ3n) is 9.86. The summed E-state index contributed by atoms with van der Waals surface area (Å²) in [5, 5.41) is 10.5. The molecule has 1 aromatic heterocycles. The molecule has 7 rings (SSSR count). The van der Waals surface area contributed by atoms with Gasteiger partial charge >= 0.3 is 0 Å². The van der Waals surface area contributed by atoms with E-state index in [2.05, 4.69) is 20.9 Å². The van der Waals surface area contributed by atoms with Crippen molar-refractivity contribution in [2.75, 3.05) is 47.0 Å². The normalized spacial score (nSPS) is 18.0. The van der Waals surface area contributed by atoms with Crippen molar-refractivity contribution in [1.29, 1.82) is 0 Å². The number of hydrogen-bond acceptors (Lipinski definition) is 8. The maximum Gasteiger partial charge on any atom is 0.220 e. The van der Waals surface area contributed by atoms with Crippen LogP contribution in [-0.2, 0) is 16.1 Å². The molecule has 12 heteroatoms. The summed E-state index contributed by atoms with van der Waals surface area (Å²) in [6.45, 7) is 4.13. The number of ether oxygens (including phenoxy) is 3. The fourth-order valence-electron chi connectivity index (χ4n) is 7.28. The van der Waals surface area contributed by atoms with Gasteiger partial charge in [0.15, 0.2) is 11.5 Å². The summed E-state index contributed by atoms with van der Waals surface area (Å²) in [4.78, 5) is 30.3. The molecule has 3 aliphatic heterocycles. The Bertz CT molecular complexity index is 1950. The number of carbonyl (C=O) groups is 2. The maximum atomic E-state index is 11.7. The Morgan fingerprint density at radius 1 is 0.882 bits per heavy atom. The van der Waals surface area contributed by atoms with E-state index in [1.54, 1.807) is 14.2 Å². The van der Waals surface area contributed by atoms with E-state index in [0.717, 1.165) is 59.3 Å². The molecule has 10 nitrogen and oxygen atoms in total. The summed E-state index contributed by atoms with van der Waals surface area (Å²) in [6.07, 6.45) is 2.93. The maximum absolute atomic E-state index is 11.7. The van der Waals surface area contributed by atoms with E-state index in [0.29, 0.717) is 72.2 Å². The highest BCUT2D eigenvalue weighted by Gasteiger charge is 2.47. The van der Waals surface area contributed by atoms with Crippen LogP contribution in [0.5, 0.6) is 17.4 Å². The summed E-state index contributed by atoms with van der Waals surface area (Å²) in [5.74, 6) is 2.02. The third kappa shape index (κ3) is 7.51. The Kier molecular flexibility index (Phi) is 10.4. The van der Waals surface area contributed by atoms with E-state index in [1.807, 2.05) is 66.7 Å². The number of methoxy groups -OCH3 is 2. The van der Waals surface area contributed by atoms with Crippen molar-refractivity contribution < 1.29 is 23.8 Å². The molecule has 0 unspecified atom stereocenters. The van der Waals surface area contributed by atoms with Gasteiger partial charge in [-0.15, -0.1) is 0 Å². The minimum absolute atomic E-state index is 0.0796. The molecule has 3 aliphatic rings. The number of likely N-dealkylation sites (tertiary alicyclic amines) is 1. The predicted molar refractivity (Wildman–Crippen MR) is 199 cm³/mol. The van der Waals surface area contributed by atoms with Crippen molar-refractivity contribution in [1.82, 2.24) is 25.8 Å². The van der Waals surface area contributed by atoms with Gasteiger partial charge in [0.05, 0.1) is 35.5 Å². The number of pyridine rings is 1. The van der Waals surface area contributed by atoms with Gasteiger partial charge < -0.3 is 30.2 Å². The standard InChI is InChI=1S/C39H41Cl2N5O5/c1-49-33-19-24(10-13-32(33)51-18-17-42-20-26-11-14-34(47)43-26)27-5-3-6-28(36(27)40)29-7-4-8-30(37(29)41)31-12-9-25(38(44-31)50-2)21-46-22-39(23-46)16-15-35(48)45-39/h3-10,12-13,19,26,42H,11,14-18,20-23H2,1-2H3,(H,43,47)(H,45,48)/t26-/m0/s1. The van der Waals surface area contributed by atoms with Crippen molar-refractivity contribution in [3.63, 3.8) is 0 Å². The van der Waals surface area contributed by atoms with Crippen molar-refractivity contribution in [3.05, 3.63) is 82.3 Å². The summed E-state index contributed by atoms with van der Waals surface area (Å²) < 4.78 is 17.4. The molecule has 4 aromatic rings. The number of amides is 2. The first-order valence-electron chi connectivity index (χ1n) is 17.2. The van der Waals surface area contributed by atoms with E-state index in [9.17, 15) is 9.59 Å². The number of nitrogens with one attached hydrogen (secondary N) is 3. The van der Waals surface area contributed by atoms with Gasteiger partial charge in [0, 0.05) is 79.4 Å². The molecule has 1 atom stereocenters. The topological polar surface area (TPSA) is 114 Å². The number of nitrogens with zero attached hydrogens (tertiary/aromatic N) is 2. The van der Waals surface area contributed by atoms with Crippen LogP contribution in [0.15, 0.2) is 66.7 Å². The van der Waals surface area contributed by atoms with E-state index in [-0.39, 0.29) is 23.4 Å². The molecule has 0 saturated carbocycles. The average Bonchev–Trinajstić information content (AvgIpc) is 3.73. The van der Waals surface area contributed by atoms with E-state index >= 15 is 0 Å². The van der Waals surface area contributed by atoms with Crippen LogP contribution < -0.4 is 30.2 Å². The van der Waals surface area contributed by atoms with Gasteiger partial charge in [-0.1, -0.05) is 71.7 Å². The highest BCUT2D eigenvalue weighted by molar-refractivity contribution is 6.39. The van der Waals surface area contributed by atoms with Crippen molar-refractivity contribution in [3.8, 4) is 50.9 Å². The lowest BCUT2D eigenvalue weighted by Crippen LogP contribution is -2.66. The molecule has 0 radical (unpaired) electrons. The van der Waals surface area contributed by atoms with Crippen LogP contribution in [0.2, 0.25) is 10.0 Å². The van der Waals surface area contributed by atoms with Gasteiger partial charge in [-0.3, -0.25) is 14.5 Å². The Labute approximate surface area is 307 Å². The SMILES string of the molecule is COc1cc(-c2cccc(-c3cccc(-c4ccc(CN5CC6(CCC(=O)N6)C5)c(OC)n4)c3Cl)c2Cl)ccc1OCCNC[C@@H]1CCC(=O)N1. The number of rotatable bonds is 13. The lowest BCUT2D eigenvalue weighted by molar-refractivity contribution is -0.121. The molecule has 266 valence electrons. The van der Waals surface area contributed by atoms with Crippen LogP contribution in [0.25, 0.3) is 33.5 Å². The molecular weight excluding hydrogens is 689 g/mol. The quantitative estimate of drug-likeness (QED) is 0.141. The van der Waals surface area contributed by atoms with Crippen LogP contribution >= 0.6 is 23.2 Å². The smallest absolute Gasteiger partial charge is 0.220 e. The van der Waals surface area contributed by atoms with Gasteiger partial charge in [-0.25, -0.2) is 4.98 Å². The lowest BCUT2D eigenvalue weighted by atomic mass is 9.88. The lowest BCUT2D eigenvalue weighted by Gasteiger charge is -2.48. The molecule has 4 heterocycles. The zero-order valence-corrected chi connectivity index (χ0v) is 30.2. The van der Waals surface area contributed by atoms with Crippen molar-refractivity contribution in [2.45, 2.75) is 43.8 Å². The first kappa shape index (κ1) is 35.1. The van der Waals surface area contributed by atoms with Gasteiger partial charge in [-0.05, 0) is 36.6 Å². The highest BCUT2D eigenvalue weighted by atomic mass is 35.5. The minimum Gasteiger partial charge on any atom is -0.493 e. The average molecular weight is 731 g/mol. The van der Waals surface area contributed by atoms with Crippen LogP contribution in [0.3, 0.4) is 0 Å². The Morgan fingerprint density at radius 2 is 1.63 bits per heavy atom. The third-order valence-corrected chi connectivity index (χ3v) is 10.7. The Hall–Kier alpha value is -4.35. The van der Waals surface area contributed by atoms with Gasteiger partial charge in [0.25, 0.3) is 0 Å². The van der Waals surface area contributed by atoms with Crippen LogP contribution in [0.1, 0.15) is 31.2 Å². The Morgan fingerprint density at radius 3 is 2.31 bits per heavy atom. The fourth-order valence-corrected chi connectivity index (χ4v) is 7.95. The zero-order valence-electron chi connectivity index (χ0n) is 28.7. The number of carbonyl (C=O) groups excluding carboxylic acids is 2. The second-order valence-corrected chi connectivity index (χ2v) is 14.2. The van der Waals surface area contributed by atoms with Gasteiger partial charge in [-0.2, -0.15) is 0 Å². The largest absolute Gasteiger partial charge is 0.493 e. The number of benzene rings is 3. The molecule has 3 aromatic carbocycles. The summed E-state index contributed by atoms with van der Waals surface area (Å²) in [7, 11) is 3.24. The zero-order chi connectivity index (χ0) is 35.5. The molecule has 1 spiro atoms. The van der Waals surface area contributed by atoms with Crippen molar-refractivity contribution >= 4 is 35.0 Å². The molecular formula is C39H41Cl2N5O5. The molecule has 3 saturated heterocycles. The second kappa shape index (κ2) is 15.1. The van der Waals surface area contributed by atoms with E-state index in [4.69, 9.17) is 42.4 Å².